The molecule has 1 atom stereocenters. The van der Waals surface area contributed by atoms with Gasteiger partial charge in [-0.25, -0.2) is 0 Å². The Morgan fingerprint density at radius 1 is 1.25 bits per heavy atom. The van der Waals surface area contributed by atoms with Gasteiger partial charge in [-0.05, 0) is 43.9 Å². The van der Waals surface area contributed by atoms with Crippen LogP contribution in [-0.2, 0) is 6.42 Å². The van der Waals surface area contributed by atoms with Gasteiger partial charge in [-0.3, -0.25) is 4.79 Å². The maximum atomic E-state index is 12.4. The zero-order chi connectivity index (χ0) is 14.1. The number of fused-ring (bicyclic) bond motifs is 1. The van der Waals surface area contributed by atoms with E-state index in [1.54, 1.807) is 6.26 Å². The third-order valence-corrected chi connectivity index (χ3v) is 4.04. The Labute approximate surface area is 119 Å². The average molecular weight is 269 g/mol. The van der Waals surface area contributed by atoms with Crippen molar-refractivity contribution in [1.82, 2.24) is 5.32 Å². The maximum Gasteiger partial charge on any atom is 0.252 e. The molecular formula is C17H19NO2. The molecule has 104 valence electrons. The number of rotatable bonds is 2. The summed E-state index contributed by atoms with van der Waals surface area (Å²) >= 11 is 0. The molecule has 0 saturated carbocycles. The summed E-state index contributed by atoms with van der Waals surface area (Å²) in [5.74, 6) is 1.03. The second-order valence-electron chi connectivity index (χ2n) is 5.49. The van der Waals surface area contributed by atoms with Crippen molar-refractivity contribution in [3.63, 3.8) is 0 Å². The van der Waals surface area contributed by atoms with Crippen molar-refractivity contribution in [3.05, 3.63) is 58.5 Å². The molecule has 20 heavy (non-hydrogen) atoms. The molecule has 3 nitrogen and oxygen atoms in total. The Balaban J connectivity index is 1.84. The van der Waals surface area contributed by atoms with Gasteiger partial charge < -0.3 is 9.73 Å². The molecule has 1 aliphatic rings. The van der Waals surface area contributed by atoms with Crippen molar-refractivity contribution in [2.75, 3.05) is 0 Å². The van der Waals surface area contributed by atoms with Gasteiger partial charge in [0.2, 0.25) is 0 Å². The Kier molecular flexibility index (Phi) is 3.35. The second-order valence-corrected chi connectivity index (χ2v) is 5.49. The number of amides is 1. The highest BCUT2D eigenvalue weighted by atomic mass is 16.3. The highest BCUT2D eigenvalue weighted by Gasteiger charge is 2.26. The first kappa shape index (κ1) is 13.0. The largest absolute Gasteiger partial charge is 0.469 e. The van der Waals surface area contributed by atoms with E-state index in [1.165, 1.54) is 5.56 Å². The summed E-state index contributed by atoms with van der Waals surface area (Å²) in [6.45, 7) is 4.00. The van der Waals surface area contributed by atoms with Crippen molar-refractivity contribution < 1.29 is 9.21 Å². The highest BCUT2D eigenvalue weighted by molar-refractivity contribution is 5.95. The molecule has 1 aliphatic carbocycles. The van der Waals surface area contributed by atoms with E-state index in [9.17, 15) is 4.79 Å². The van der Waals surface area contributed by atoms with Gasteiger partial charge in [0.1, 0.15) is 5.76 Å². The Bertz CT molecular complexity index is 642. The molecule has 2 aromatic rings. The number of nitrogens with one attached hydrogen (secondary N) is 1. The van der Waals surface area contributed by atoms with Crippen LogP contribution < -0.4 is 5.32 Å². The highest BCUT2D eigenvalue weighted by Crippen LogP contribution is 2.33. The van der Waals surface area contributed by atoms with E-state index < -0.39 is 0 Å². The van der Waals surface area contributed by atoms with Crippen LogP contribution in [0.5, 0.6) is 0 Å². The lowest BCUT2D eigenvalue weighted by Gasteiger charge is -2.24. The number of aryl methyl sites for hydroxylation is 3. The van der Waals surface area contributed by atoms with E-state index in [0.29, 0.717) is 0 Å². The van der Waals surface area contributed by atoms with Gasteiger partial charge >= 0.3 is 0 Å². The summed E-state index contributed by atoms with van der Waals surface area (Å²) < 4.78 is 5.58. The first-order valence-electron chi connectivity index (χ1n) is 7.10. The molecule has 3 heteroatoms. The van der Waals surface area contributed by atoms with E-state index in [4.69, 9.17) is 4.42 Å². The normalized spacial score (nSPS) is 17.6. The number of carbonyl (C=O) groups is 1. The molecule has 3 rings (SSSR count). The minimum Gasteiger partial charge on any atom is -0.469 e. The fraction of sp³-hybridized carbons (Fsp3) is 0.353. The van der Waals surface area contributed by atoms with Gasteiger partial charge in [0.05, 0.1) is 12.3 Å². The van der Waals surface area contributed by atoms with Gasteiger partial charge in [-0.2, -0.15) is 0 Å². The molecule has 1 amide bonds. The van der Waals surface area contributed by atoms with Crippen LogP contribution >= 0.6 is 0 Å². The van der Waals surface area contributed by atoms with Crippen LogP contribution in [0.25, 0.3) is 0 Å². The number of furan rings is 1. The molecule has 1 aromatic heterocycles. The van der Waals surface area contributed by atoms with Gasteiger partial charge in [0.15, 0.2) is 0 Å². The minimum atomic E-state index is 0.00144. The Hall–Kier alpha value is -2.03. The Morgan fingerprint density at radius 3 is 2.85 bits per heavy atom. The van der Waals surface area contributed by atoms with E-state index in [1.807, 2.05) is 38.1 Å². The number of hydrogen-bond donors (Lipinski definition) is 1. The predicted molar refractivity (Wildman–Crippen MR) is 77.8 cm³/mol. The average Bonchev–Trinajstić information content (AvgIpc) is 2.82. The fourth-order valence-corrected chi connectivity index (χ4v) is 2.99. The van der Waals surface area contributed by atoms with Crippen LogP contribution in [0.2, 0.25) is 0 Å². The zero-order valence-corrected chi connectivity index (χ0v) is 11.9. The topological polar surface area (TPSA) is 42.2 Å². The lowest BCUT2D eigenvalue weighted by molar-refractivity contribution is 0.0931. The van der Waals surface area contributed by atoms with Crippen molar-refractivity contribution in [2.45, 2.75) is 39.2 Å². The molecule has 0 fully saturated rings. The van der Waals surface area contributed by atoms with E-state index in [2.05, 4.69) is 5.32 Å². The van der Waals surface area contributed by atoms with E-state index in [-0.39, 0.29) is 11.9 Å². The molecule has 1 N–H and O–H groups in total. The SMILES string of the molecule is Cc1ccccc1C(=O)NC1CCCc2occ(C)c21. The van der Waals surface area contributed by atoms with Crippen LogP contribution in [0.15, 0.2) is 34.9 Å². The summed E-state index contributed by atoms with van der Waals surface area (Å²) in [7, 11) is 0. The van der Waals surface area contributed by atoms with Gasteiger partial charge in [-0.15, -0.1) is 0 Å². The monoisotopic (exact) mass is 269 g/mol. The fourth-order valence-electron chi connectivity index (χ4n) is 2.99. The molecule has 0 radical (unpaired) electrons. The minimum absolute atomic E-state index is 0.00144. The molecule has 1 heterocycles. The number of carbonyl (C=O) groups excluding carboxylic acids is 1. The van der Waals surface area contributed by atoms with Crippen molar-refractivity contribution >= 4 is 5.91 Å². The Morgan fingerprint density at radius 2 is 2.05 bits per heavy atom. The summed E-state index contributed by atoms with van der Waals surface area (Å²) in [4.78, 5) is 12.4. The van der Waals surface area contributed by atoms with Gasteiger partial charge in [0, 0.05) is 17.5 Å². The molecule has 0 spiro atoms. The van der Waals surface area contributed by atoms with Crippen LogP contribution in [0.4, 0.5) is 0 Å². The molecule has 0 aliphatic heterocycles. The van der Waals surface area contributed by atoms with Crippen molar-refractivity contribution in [1.29, 1.82) is 0 Å². The molecule has 1 unspecified atom stereocenters. The lowest BCUT2D eigenvalue weighted by Crippen LogP contribution is -2.31. The number of benzene rings is 1. The first-order valence-corrected chi connectivity index (χ1v) is 7.10. The van der Waals surface area contributed by atoms with E-state index in [0.717, 1.165) is 41.7 Å². The van der Waals surface area contributed by atoms with Gasteiger partial charge in [0.25, 0.3) is 5.91 Å². The predicted octanol–water partition coefficient (Wildman–Crippen LogP) is 3.70. The lowest BCUT2D eigenvalue weighted by atomic mass is 9.90. The third kappa shape index (κ3) is 2.24. The summed E-state index contributed by atoms with van der Waals surface area (Å²) in [5.41, 5.74) is 4.07. The molecule has 1 aromatic carbocycles. The molecular weight excluding hydrogens is 250 g/mol. The third-order valence-electron chi connectivity index (χ3n) is 4.04. The first-order chi connectivity index (χ1) is 9.66. The van der Waals surface area contributed by atoms with Crippen LogP contribution in [0.3, 0.4) is 0 Å². The van der Waals surface area contributed by atoms with Crippen LogP contribution in [-0.4, -0.2) is 5.91 Å². The zero-order valence-electron chi connectivity index (χ0n) is 11.9. The van der Waals surface area contributed by atoms with Gasteiger partial charge in [-0.1, -0.05) is 18.2 Å². The standard InChI is InChI=1S/C17H19NO2/c1-11-6-3-4-7-13(11)17(19)18-14-8-5-9-15-16(14)12(2)10-20-15/h3-4,6-7,10,14H,5,8-9H2,1-2H3,(H,18,19). The van der Waals surface area contributed by atoms with Crippen molar-refractivity contribution in [3.8, 4) is 0 Å². The van der Waals surface area contributed by atoms with E-state index >= 15 is 0 Å². The summed E-state index contributed by atoms with van der Waals surface area (Å²) in [6.07, 6.45) is 4.80. The quantitative estimate of drug-likeness (QED) is 0.903. The van der Waals surface area contributed by atoms with Crippen LogP contribution in [0, 0.1) is 13.8 Å². The molecule has 0 saturated heterocycles. The van der Waals surface area contributed by atoms with Crippen molar-refractivity contribution in [2.24, 2.45) is 0 Å². The second kappa shape index (κ2) is 5.16. The summed E-state index contributed by atoms with van der Waals surface area (Å²) in [6, 6.07) is 7.76. The summed E-state index contributed by atoms with van der Waals surface area (Å²) in [5, 5.41) is 3.16. The maximum absolute atomic E-state index is 12.4. The van der Waals surface area contributed by atoms with Crippen LogP contribution in [0.1, 0.15) is 51.7 Å². The number of hydrogen-bond acceptors (Lipinski definition) is 2. The smallest absolute Gasteiger partial charge is 0.252 e. The molecule has 0 bridgehead atoms.